The Morgan fingerprint density at radius 2 is 1.10 bits per heavy atom. The van der Waals surface area contributed by atoms with Crippen LogP contribution in [0.5, 0.6) is 11.5 Å². The van der Waals surface area contributed by atoms with Gasteiger partial charge in [-0.3, -0.25) is 14.4 Å². The number of nitrogens with one attached hydrogen (secondary N) is 1. The number of carbonyl (C=O) groups is 5. The van der Waals surface area contributed by atoms with Crippen molar-refractivity contribution in [3.8, 4) is 22.6 Å². The number of aromatic nitrogens is 2. The number of rotatable bonds is 15. The quantitative estimate of drug-likeness (QED) is 0.0581. The third kappa shape index (κ3) is 12.3. The number of benzene rings is 4. The number of hydrogen-bond donors (Lipinski definition) is 4. The van der Waals surface area contributed by atoms with E-state index in [2.05, 4.69) is 5.32 Å². The van der Waals surface area contributed by atoms with Crippen LogP contribution in [0.1, 0.15) is 69.7 Å². The summed E-state index contributed by atoms with van der Waals surface area (Å²) >= 11 is 0. The minimum absolute atomic E-state index is 0.0302. The third-order valence-corrected chi connectivity index (χ3v) is 10.9. The highest BCUT2D eigenvalue weighted by Gasteiger charge is 2.31. The fourth-order valence-corrected chi connectivity index (χ4v) is 8.09. The van der Waals surface area contributed by atoms with Gasteiger partial charge in [0.05, 0.1) is 14.2 Å². The highest BCUT2D eigenvalue weighted by molar-refractivity contribution is 5.89. The molecule has 0 aliphatic heterocycles. The molecule has 0 bridgehead atoms. The van der Waals surface area contributed by atoms with Crippen LogP contribution in [0.2, 0.25) is 0 Å². The van der Waals surface area contributed by atoms with E-state index < -0.39 is 47.3 Å². The molecule has 2 aromatic heterocycles. The number of carboxylic acids is 2. The predicted octanol–water partition coefficient (Wildman–Crippen LogP) is 7.47. The van der Waals surface area contributed by atoms with Gasteiger partial charge in [0.1, 0.15) is 54.5 Å². The van der Waals surface area contributed by atoms with Gasteiger partial charge < -0.3 is 54.1 Å². The van der Waals surface area contributed by atoms with Crippen molar-refractivity contribution in [3.05, 3.63) is 120 Å². The predicted molar refractivity (Wildman–Crippen MR) is 251 cm³/mol. The number of esters is 2. The Balaban J connectivity index is 0.000000253. The maximum atomic E-state index is 12.9. The van der Waals surface area contributed by atoms with Crippen LogP contribution in [-0.2, 0) is 59.3 Å². The average Bonchev–Trinajstić information content (AvgIpc) is 3.89. The van der Waals surface area contributed by atoms with Crippen molar-refractivity contribution in [2.45, 2.75) is 96.7 Å². The minimum Gasteiger partial charge on any atom is -0.497 e. The fourth-order valence-electron chi connectivity index (χ4n) is 8.09. The molecule has 1 amide bonds. The normalized spacial score (nSPS) is 13.1. The molecule has 16 heteroatoms. The van der Waals surface area contributed by atoms with Gasteiger partial charge in [0.15, 0.2) is 0 Å². The van der Waals surface area contributed by atoms with Crippen molar-refractivity contribution >= 4 is 51.8 Å². The van der Waals surface area contributed by atoms with Crippen LogP contribution < -0.4 is 20.5 Å². The van der Waals surface area contributed by atoms with Gasteiger partial charge in [0, 0.05) is 53.0 Å². The molecule has 0 radical (unpaired) electrons. The van der Waals surface area contributed by atoms with Gasteiger partial charge in [0.25, 0.3) is 0 Å². The molecule has 0 saturated heterocycles. The molecule has 0 spiro atoms. The Kier molecular flexibility index (Phi) is 15.0. The Morgan fingerprint density at radius 3 is 1.52 bits per heavy atom. The topological polar surface area (TPSA) is 220 Å². The molecule has 354 valence electrons. The second-order valence-corrected chi connectivity index (χ2v) is 18.2. The number of nitrogens with zero attached hydrogens (tertiary/aromatic N) is 2. The maximum absolute atomic E-state index is 12.9. The smallest absolute Gasteiger partial charge is 0.407 e. The summed E-state index contributed by atoms with van der Waals surface area (Å²) in [5.41, 5.74) is 11.7. The van der Waals surface area contributed by atoms with Crippen LogP contribution in [0, 0.1) is 0 Å². The number of ether oxygens (including phenoxy) is 5. The molecule has 16 nitrogen and oxygen atoms in total. The molecule has 5 N–H and O–H groups in total. The highest BCUT2D eigenvalue weighted by atomic mass is 16.6. The molecular formula is C51H58N4O12. The summed E-state index contributed by atoms with van der Waals surface area (Å²) in [7, 11) is 3.10. The lowest BCUT2D eigenvalue weighted by Gasteiger charge is -2.19. The lowest BCUT2D eigenvalue weighted by Crippen LogP contribution is -2.42. The Hall–Kier alpha value is -7.33. The van der Waals surface area contributed by atoms with Gasteiger partial charge in [-0.2, -0.15) is 0 Å². The first-order chi connectivity index (χ1) is 31.6. The lowest BCUT2D eigenvalue weighted by atomic mass is 9.98. The van der Waals surface area contributed by atoms with Crippen molar-refractivity contribution in [1.29, 1.82) is 0 Å². The molecule has 6 aromatic rings. The third-order valence-electron chi connectivity index (χ3n) is 10.9. The van der Waals surface area contributed by atoms with Crippen LogP contribution in [0.4, 0.5) is 4.79 Å². The number of nitrogens with two attached hydrogens (primary N) is 1. The zero-order valence-electron chi connectivity index (χ0n) is 39.0. The molecule has 0 fully saturated rings. The Labute approximate surface area is 388 Å². The summed E-state index contributed by atoms with van der Waals surface area (Å²) in [5.74, 6) is -1.99. The summed E-state index contributed by atoms with van der Waals surface area (Å²) in [5, 5.41) is 23.1. The molecular weight excluding hydrogens is 861 g/mol. The molecule has 7 rings (SSSR count). The summed E-state index contributed by atoms with van der Waals surface area (Å²) in [4.78, 5) is 60.9. The molecule has 2 atom stereocenters. The van der Waals surface area contributed by atoms with E-state index in [1.165, 1.54) is 7.11 Å². The number of aliphatic carboxylic acids is 2. The van der Waals surface area contributed by atoms with E-state index in [4.69, 9.17) is 34.5 Å². The standard InChI is InChI=1S/C33H34N2O7.C18H24N2O5/c1-33(2,3)42-30(36)18-35-17-20(26-16-21(40-4)13-14-29(26)35)15-28(31(37)38)34-32(39)41-19-27-24-11-7-5-9-22(24)23-10-6-8-12-25(23)27;1-18(2,3)25-16(21)10-20-9-11(7-14(19)17(22)23)13-8-12(24-4)5-6-15(13)20/h5-14,16-17,27-28H,15,18-19H2,1-4H3,(H,34,39)(H,37,38);5-6,8-9,14H,7,10,19H2,1-4H3,(H,22,23)/t28-;14-/m00/s1. The van der Waals surface area contributed by atoms with E-state index in [9.17, 15) is 29.1 Å². The molecule has 1 aliphatic carbocycles. The van der Waals surface area contributed by atoms with Crippen LogP contribution in [0.25, 0.3) is 32.9 Å². The van der Waals surface area contributed by atoms with Gasteiger partial charge in [-0.05, 0) is 111 Å². The molecule has 2 heterocycles. The number of carboxylic acid groups (broad SMARTS) is 2. The van der Waals surface area contributed by atoms with Crippen LogP contribution >= 0.6 is 0 Å². The average molecular weight is 919 g/mol. The van der Waals surface area contributed by atoms with E-state index in [0.29, 0.717) is 28.0 Å². The van der Waals surface area contributed by atoms with Gasteiger partial charge in [0.2, 0.25) is 0 Å². The monoisotopic (exact) mass is 918 g/mol. The maximum Gasteiger partial charge on any atom is 0.407 e. The van der Waals surface area contributed by atoms with E-state index in [0.717, 1.165) is 38.7 Å². The Morgan fingerprint density at radius 1 is 0.657 bits per heavy atom. The largest absolute Gasteiger partial charge is 0.497 e. The van der Waals surface area contributed by atoms with Crippen molar-refractivity contribution < 1.29 is 57.9 Å². The van der Waals surface area contributed by atoms with E-state index in [1.807, 2.05) is 60.7 Å². The number of amides is 1. The van der Waals surface area contributed by atoms with Crippen LogP contribution in [-0.4, -0.2) is 93.4 Å². The van der Waals surface area contributed by atoms with E-state index >= 15 is 0 Å². The van der Waals surface area contributed by atoms with Crippen molar-refractivity contribution in [2.75, 3.05) is 20.8 Å². The van der Waals surface area contributed by atoms with Gasteiger partial charge in [-0.15, -0.1) is 0 Å². The Bertz CT molecular complexity index is 2750. The number of carbonyl (C=O) groups excluding carboxylic acids is 3. The summed E-state index contributed by atoms with van der Waals surface area (Å²) in [6.07, 6.45) is 2.75. The van der Waals surface area contributed by atoms with E-state index in [-0.39, 0.29) is 44.4 Å². The number of alkyl carbamates (subject to hydrolysis) is 1. The summed E-state index contributed by atoms with van der Waals surface area (Å²) in [6.45, 7) is 10.8. The van der Waals surface area contributed by atoms with Gasteiger partial charge in [-0.25, -0.2) is 9.59 Å². The number of hydrogen-bond acceptors (Lipinski definition) is 11. The van der Waals surface area contributed by atoms with E-state index in [1.54, 1.807) is 94.4 Å². The first-order valence-corrected chi connectivity index (χ1v) is 21.7. The van der Waals surface area contributed by atoms with Crippen molar-refractivity contribution in [2.24, 2.45) is 5.73 Å². The molecule has 4 aromatic carbocycles. The van der Waals surface area contributed by atoms with Crippen molar-refractivity contribution in [3.63, 3.8) is 0 Å². The molecule has 0 saturated carbocycles. The highest BCUT2D eigenvalue weighted by Crippen LogP contribution is 2.44. The SMILES string of the molecule is COc1ccc2c(c1)c(C[C@H](N)C(=O)O)cn2CC(=O)OC(C)(C)C.COc1ccc2c(c1)c(C[C@H](NC(=O)OCC1c3ccccc3-c3ccccc31)C(=O)O)cn2CC(=O)OC(C)(C)C. The number of methoxy groups -OCH3 is 2. The van der Waals surface area contributed by atoms with Gasteiger partial charge >= 0.3 is 30.0 Å². The van der Waals surface area contributed by atoms with Crippen LogP contribution in [0.3, 0.4) is 0 Å². The van der Waals surface area contributed by atoms with Crippen molar-refractivity contribution in [1.82, 2.24) is 14.5 Å². The first-order valence-electron chi connectivity index (χ1n) is 21.7. The second-order valence-electron chi connectivity index (χ2n) is 18.2. The summed E-state index contributed by atoms with van der Waals surface area (Å²) in [6, 6.07) is 24.5. The van der Waals surface area contributed by atoms with Gasteiger partial charge in [-0.1, -0.05) is 48.5 Å². The number of fused-ring (bicyclic) bond motifs is 5. The molecule has 0 unspecified atom stereocenters. The zero-order chi connectivity index (χ0) is 48.8. The molecule has 1 aliphatic rings. The molecule has 67 heavy (non-hydrogen) atoms. The summed E-state index contributed by atoms with van der Waals surface area (Å²) < 4.78 is 30.5. The fraction of sp³-hybridized carbons (Fsp3) is 0.353. The first kappa shape index (κ1) is 49.1. The van der Waals surface area contributed by atoms with Crippen LogP contribution in [0.15, 0.2) is 97.3 Å². The second kappa shape index (κ2) is 20.5. The zero-order valence-corrected chi connectivity index (χ0v) is 39.0. The lowest BCUT2D eigenvalue weighted by molar-refractivity contribution is -0.156. The minimum atomic E-state index is -1.27.